The molecule has 0 aliphatic heterocycles. The van der Waals surface area contributed by atoms with Crippen LogP contribution in [0.15, 0.2) is 49.1 Å². The number of aromatic nitrogens is 3. The van der Waals surface area contributed by atoms with Crippen LogP contribution in [0.25, 0.3) is 0 Å². The van der Waals surface area contributed by atoms with E-state index in [0.29, 0.717) is 11.6 Å². The number of terminal acetylenes is 1. The lowest BCUT2D eigenvalue weighted by Gasteiger charge is -2.34. The van der Waals surface area contributed by atoms with Crippen LogP contribution in [0.5, 0.6) is 0 Å². The molecule has 0 bridgehead atoms. The van der Waals surface area contributed by atoms with Crippen molar-refractivity contribution in [1.29, 1.82) is 0 Å². The van der Waals surface area contributed by atoms with Gasteiger partial charge in [-0.15, -0.1) is 6.42 Å². The van der Waals surface area contributed by atoms with E-state index in [1.165, 1.54) is 23.4 Å². The van der Waals surface area contributed by atoms with Gasteiger partial charge in [0.1, 0.15) is 29.9 Å². The van der Waals surface area contributed by atoms with E-state index in [-0.39, 0.29) is 31.7 Å². The molecule has 0 aliphatic carbocycles. The number of halogens is 4. The minimum Gasteiger partial charge on any atom is -0.382 e. The van der Waals surface area contributed by atoms with Crippen molar-refractivity contribution in [2.45, 2.75) is 18.7 Å². The Morgan fingerprint density at radius 2 is 1.87 bits per heavy atom. The summed E-state index contributed by atoms with van der Waals surface area (Å²) in [5.74, 6) is -1.31. The molecule has 0 amide bonds. The Balaban J connectivity index is 1.94. The van der Waals surface area contributed by atoms with Gasteiger partial charge in [-0.25, -0.2) is 27.2 Å². The lowest BCUT2D eigenvalue weighted by Crippen LogP contribution is -2.44. The standard InChI is InChI=1S/C21H18F4N4O/c1-2-7-28(10-15-3-6-18(23)20(25)8-15)11-21(30,12-29-14-26-13-27-29)17-5-4-16(22)9-19(17)24/h1,3-6,8-9,13-14,30H,7,10-12H2. The van der Waals surface area contributed by atoms with Gasteiger partial charge in [0.15, 0.2) is 11.6 Å². The van der Waals surface area contributed by atoms with E-state index >= 15 is 0 Å². The third-order valence-electron chi connectivity index (χ3n) is 4.51. The van der Waals surface area contributed by atoms with Gasteiger partial charge in [-0.1, -0.05) is 18.1 Å². The molecule has 1 heterocycles. The number of nitrogens with zero attached hydrogens (tertiary/aromatic N) is 4. The third kappa shape index (κ3) is 5.03. The zero-order valence-electron chi connectivity index (χ0n) is 15.8. The van der Waals surface area contributed by atoms with E-state index in [1.807, 2.05) is 0 Å². The van der Waals surface area contributed by atoms with Crippen LogP contribution in [0.2, 0.25) is 0 Å². The largest absolute Gasteiger partial charge is 0.382 e. The van der Waals surface area contributed by atoms with Crippen LogP contribution < -0.4 is 0 Å². The first kappa shape index (κ1) is 21.5. The number of aliphatic hydroxyl groups is 1. The predicted octanol–water partition coefficient (Wildman–Crippen LogP) is 2.86. The van der Waals surface area contributed by atoms with Crippen molar-refractivity contribution >= 4 is 0 Å². The van der Waals surface area contributed by atoms with Crippen LogP contribution in [-0.2, 0) is 18.7 Å². The summed E-state index contributed by atoms with van der Waals surface area (Å²) in [6.07, 6.45) is 8.01. The highest BCUT2D eigenvalue weighted by Crippen LogP contribution is 2.28. The lowest BCUT2D eigenvalue weighted by atomic mass is 9.92. The highest BCUT2D eigenvalue weighted by atomic mass is 19.2. The van der Waals surface area contributed by atoms with Gasteiger partial charge in [-0.2, -0.15) is 5.10 Å². The van der Waals surface area contributed by atoms with Gasteiger partial charge < -0.3 is 5.11 Å². The number of hydrogen-bond donors (Lipinski definition) is 1. The van der Waals surface area contributed by atoms with Gasteiger partial charge in [0, 0.05) is 24.7 Å². The van der Waals surface area contributed by atoms with Crippen molar-refractivity contribution in [3.63, 3.8) is 0 Å². The second kappa shape index (κ2) is 9.07. The Labute approximate surface area is 170 Å². The summed E-state index contributed by atoms with van der Waals surface area (Å²) in [6.45, 7) is -0.307. The van der Waals surface area contributed by atoms with Crippen molar-refractivity contribution < 1.29 is 22.7 Å². The second-order valence-electron chi connectivity index (χ2n) is 6.85. The van der Waals surface area contributed by atoms with Gasteiger partial charge in [-0.05, 0) is 23.8 Å². The quantitative estimate of drug-likeness (QED) is 0.452. The molecule has 0 saturated carbocycles. The summed E-state index contributed by atoms with van der Waals surface area (Å²) in [7, 11) is 0. The van der Waals surface area contributed by atoms with Crippen LogP contribution in [0.4, 0.5) is 17.6 Å². The molecule has 1 atom stereocenters. The Morgan fingerprint density at radius 1 is 1.07 bits per heavy atom. The predicted molar refractivity (Wildman–Crippen MR) is 101 cm³/mol. The Hall–Kier alpha value is -3.22. The molecule has 156 valence electrons. The lowest BCUT2D eigenvalue weighted by molar-refractivity contribution is -0.0205. The molecule has 1 aromatic heterocycles. The highest BCUT2D eigenvalue weighted by molar-refractivity contribution is 5.26. The van der Waals surface area contributed by atoms with E-state index in [1.54, 1.807) is 4.90 Å². The topological polar surface area (TPSA) is 54.2 Å². The average Bonchev–Trinajstić information content (AvgIpc) is 3.17. The van der Waals surface area contributed by atoms with E-state index in [2.05, 4.69) is 16.0 Å². The fraction of sp³-hybridized carbons (Fsp3) is 0.238. The number of benzene rings is 2. The first-order valence-electron chi connectivity index (χ1n) is 8.91. The molecule has 3 rings (SSSR count). The molecule has 9 heteroatoms. The van der Waals surface area contributed by atoms with Crippen LogP contribution in [0.3, 0.4) is 0 Å². The summed E-state index contributed by atoms with van der Waals surface area (Å²) in [5.41, 5.74) is -1.63. The average molecular weight is 418 g/mol. The maximum Gasteiger partial charge on any atom is 0.159 e. The Bertz CT molecular complexity index is 1050. The fourth-order valence-electron chi connectivity index (χ4n) is 3.23. The first-order chi connectivity index (χ1) is 14.3. The molecule has 1 unspecified atom stereocenters. The zero-order chi connectivity index (χ0) is 21.7. The maximum atomic E-state index is 14.5. The Kier molecular flexibility index (Phi) is 6.50. The van der Waals surface area contributed by atoms with Crippen molar-refractivity contribution in [1.82, 2.24) is 19.7 Å². The van der Waals surface area contributed by atoms with Crippen molar-refractivity contribution in [3.8, 4) is 12.3 Å². The molecular weight excluding hydrogens is 400 g/mol. The molecule has 0 fully saturated rings. The minimum atomic E-state index is -1.87. The third-order valence-corrected chi connectivity index (χ3v) is 4.51. The highest BCUT2D eigenvalue weighted by Gasteiger charge is 2.35. The zero-order valence-corrected chi connectivity index (χ0v) is 15.8. The monoisotopic (exact) mass is 418 g/mol. The molecule has 1 N–H and O–H groups in total. The smallest absolute Gasteiger partial charge is 0.159 e. The minimum absolute atomic E-state index is 0.0292. The summed E-state index contributed by atoms with van der Waals surface area (Å²) in [4.78, 5) is 5.36. The summed E-state index contributed by atoms with van der Waals surface area (Å²) >= 11 is 0. The Morgan fingerprint density at radius 3 is 2.50 bits per heavy atom. The van der Waals surface area contributed by atoms with Crippen molar-refractivity contribution in [3.05, 3.63) is 83.4 Å². The maximum absolute atomic E-state index is 14.5. The summed E-state index contributed by atoms with van der Waals surface area (Å²) < 4.78 is 56.0. The second-order valence-corrected chi connectivity index (χ2v) is 6.85. The van der Waals surface area contributed by atoms with Gasteiger partial charge in [0.05, 0.1) is 13.1 Å². The fourth-order valence-corrected chi connectivity index (χ4v) is 3.23. The molecule has 0 spiro atoms. The summed E-state index contributed by atoms with van der Waals surface area (Å²) in [6, 6.07) is 6.24. The SMILES string of the molecule is C#CCN(Cc1ccc(F)c(F)c1)CC(O)(Cn1cncn1)c1ccc(F)cc1F. The molecule has 2 aromatic carbocycles. The molecule has 30 heavy (non-hydrogen) atoms. The summed E-state index contributed by atoms with van der Waals surface area (Å²) in [5, 5.41) is 15.3. The van der Waals surface area contributed by atoms with Gasteiger partial charge in [-0.3, -0.25) is 4.90 Å². The molecule has 0 aliphatic rings. The van der Waals surface area contributed by atoms with Crippen LogP contribution in [0.1, 0.15) is 11.1 Å². The molecule has 5 nitrogen and oxygen atoms in total. The van der Waals surface area contributed by atoms with Gasteiger partial charge in [0.25, 0.3) is 0 Å². The first-order valence-corrected chi connectivity index (χ1v) is 8.91. The van der Waals surface area contributed by atoms with Gasteiger partial charge in [0.2, 0.25) is 0 Å². The van der Waals surface area contributed by atoms with Crippen LogP contribution >= 0.6 is 0 Å². The molecular formula is C21H18F4N4O. The van der Waals surface area contributed by atoms with Crippen LogP contribution in [-0.4, -0.2) is 37.9 Å². The van der Waals surface area contributed by atoms with Crippen molar-refractivity contribution in [2.75, 3.05) is 13.1 Å². The van der Waals surface area contributed by atoms with E-state index in [9.17, 15) is 22.7 Å². The van der Waals surface area contributed by atoms with Crippen LogP contribution in [0, 0.1) is 35.6 Å². The van der Waals surface area contributed by atoms with Crippen molar-refractivity contribution in [2.24, 2.45) is 0 Å². The number of rotatable bonds is 8. The molecule has 0 radical (unpaired) electrons. The van der Waals surface area contributed by atoms with E-state index in [0.717, 1.165) is 24.3 Å². The molecule has 0 saturated heterocycles. The van der Waals surface area contributed by atoms with Gasteiger partial charge >= 0.3 is 0 Å². The number of hydrogen-bond acceptors (Lipinski definition) is 4. The normalized spacial score (nSPS) is 13.2. The van der Waals surface area contributed by atoms with E-state index < -0.39 is 28.9 Å². The van der Waals surface area contributed by atoms with E-state index in [4.69, 9.17) is 6.42 Å². The molecule has 3 aromatic rings.